The van der Waals surface area contributed by atoms with E-state index in [1.54, 1.807) is 19.2 Å². The normalized spacial score (nSPS) is 10.4. The van der Waals surface area contributed by atoms with Gasteiger partial charge in [0.25, 0.3) is 5.91 Å². The van der Waals surface area contributed by atoms with Crippen molar-refractivity contribution < 1.29 is 14.3 Å². The maximum absolute atomic E-state index is 12.5. The van der Waals surface area contributed by atoms with Crippen molar-refractivity contribution in [1.29, 1.82) is 0 Å². The summed E-state index contributed by atoms with van der Waals surface area (Å²) in [5, 5.41) is 10.7. The zero-order valence-corrected chi connectivity index (χ0v) is 15.2. The number of nitrogens with two attached hydrogens (primary N) is 1. The highest BCUT2D eigenvalue weighted by molar-refractivity contribution is 5.96. The molecule has 0 fully saturated rings. The van der Waals surface area contributed by atoms with Gasteiger partial charge in [0.15, 0.2) is 11.5 Å². The van der Waals surface area contributed by atoms with Gasteiger partial charge in [-0.15, -0.1) is 5.10 Å². The van der Waals surface area contributed by atoms with E-state index in [2.05, 4.69) is 15.6 Å². The van der Waals surface area contributed by atoms with Gasteiger partial charge in [-0.1, -0.05) is 35.5 Å². The predicted octanol–water partition coefficient (Wildman–Crippen LogP) is 2.19. The molecule has 0 aliphatic carbocycles. The van der Waals surface area contributed by atoms with Gasteiger partial charge in [-0.2, -0.15) is 4.68 Å². The zero-order chi connectivity index (χ0) is 19.2. The highest BCUT2D eigenvalue weighted by Crippen LogP contribution is 2.25. The number of hydrogen-bond acceptors (Lipinski definition) is 6. The van der Waals surface area contributed by atoms with Crippen LogP contribution in [-0.2, 0) is 6.54 Å². The number of methoxy groups -OCH3 is 1. The number of amides is 1. The Bertz CT molecular complexity index is 939. The van der Waals surface area contributed by atoms with E-state index in [-0.39, 0.29) is 18.1 Å². The number of nitrogen functional groups attached to an aromatic ring is 1. The Balaban J connectivity index is 1.80. The molecule has 27 heavy (non-hydrogen) atoms. The van der Waals surface area contributed by atoms with Crippen molar-refractivity contribution in [1.82, 2.24) is 20.3 Å². The molecular formula is C19H21N5O3. The Morgan fingerprint density at radius 1 is 1.15 bits per heavy atom. The SMILES string of the molecule is CCOc1ccccc1-n1nnc(C(=O)NCc2ccccc2OC)c1N. The van der Waals surface area contributed by atoms with Crippen molar-refractivity contribution in [2.45, 2.75) is 13.5 Å². The number of nitrogens with one attached hydrogen (secondary N) is 1. The average molecular weight is 367 g/mol. The smallest absolute Gasteiger partial charge is 0.275 e. The fourth-order valence-corrected chi connectivity index (χ4v) is 2.65. The molecular weight excluding hydrogens is 346 g/mol. The maximum atomic E-state index is 12.5. The minimum Gasteiger partial charge on any atom is -0.496 e. The summed E-state index contributed by atoms with van der Waals surface area (Å²) in [6.45, 7) is 2.67. The lowest BCUT2D eigenvalue weighted by molar-refractivity contribution is 0.0946. The van der Waals surface area contributed by atoms with Gasteiger partial charge in [-0.3, -0.25) is 4.79 Å². The monoisotopic (exact) mass is 367 g/mol. The lowest BCUT2D eigenvalue weighted by Crippen LogP contribution is -2.24. The van der Waals surface area contributed by atoms with Gasteiger partial charge in [0, 0.05) is 12.1 Å². The lowest BCUT2D eigenvalue weighted by atomic mass is 10.2. The van der Waals surface area contributed by atoms with Gasteiger partial charge in [-0.25, -0.2) is 0 Å². The van der Waals surface area contributed by atoms with Gasteiger partial charge in [-0.05, 0) is 25.1 Å². The molecule has 3 rings (SSSR count). The van der Waals surface area contributed by atoms with Crippen LogP contribution in [-0.4, -0.2) is 34.6 Å². The Labute approximate surface area is 156 Å². The minimum atomic E-state index is -0.418. The summed E-state index contributed by atoms with van der Waals surface area (Å²) in [5.41, 5.74) is 7.64. The molecule has 3 aromatic rings. The fraction of sp³-hybridized carbons (Fsp3) is 0.211. The summed E-state index contributed by atoms with van der Waals surface area (Å²) in [7, 11) is 1.58. The van der Waals surface area contributed by atoms with Crippen LogP contribution in [0, 0.1) is 0 Å². The third kappa shape index (κ3) is 3.84. The first kappa shape index (κ1) is 18.2. The number of carbonyl (C=O) groups is 1. The summed E-state index contributed by atoms with van der Waals surface area (Å²) in [4.78, 5) is 12.5. The van der Waals surface area contributed by atoms with Crippen molar-refractivity contribution in [3.05, 3.63) is 59.8 Å². The standard InChI is InChI=1S/C19H21N5O3/c1-3-27-16-11-7-5-9-14(16)24-18(20)17(22-23-24)19(25)21-12-13-8-4-6-10-15(13)26-2/h4-11H,3,12,20H2,1-2H3,(H,21,25). The van der Waals surface area contributed by atoms with E-state index >= 15 is 0 Å². The molecule has 0 atom stereocenters. The van der Waals surface area contributed by atoms with Crippen LogP contribution in [0.1, 0.15) is 23.0 Å². The van der Waals surface area contributed by atoms with Crippen molar-refractivity contribution in [2.75, 3.05) is 19.5 Å². The van der Waals surface area contributed by atoms with Crippen molar-refractivity contribution in [3.8, 4) is 17.2 Å². The second-order valence-corrected chi connectivity index (χ2v) is 5.63. The molecule has 0 saturated heterocycles. The van der Waals surface area contributed by atoms with Crippen molar-refractivity contribution in [3.63, 3.8) is 0 Å². The van der Waals surface area contributed by atoms with Crippen LogP contribution in [0.5, 0.6) is 11.5 Å². The Hall–Kier alpha value is -3.55. The molecule has 0 bridgehead atoms. The van der Waals surface area contributed by atoms with Crippen LogP contribution in [0.3, 0.4) is 0 Å². The van der Waals surface area contributed by atoms with Crippen molar-refractivity contribution in [2.24, 2.45) is 0 Å². The molecule has 2 aromatic carbocycles. The number of ether oxygens (including phenoxy) is 2. The van der Waals surface area contributed by atoms with Crippen LogP contribution in [0.25, 0.3) is 5.69 Å². The molecule has 0 aliphatic rings. The second-order valence-electron chi connectivity index (χ2n) is 5.63. The van der Waals surface area contributed by atoms with E-state index in [0.717, 1.165) is 5.56 Å². The summed E-state index contributed by atoms with van der Waals surface area (Å²) in [6.07, 6.45) is 0. The molecule has 0 radical (unpaired) electrons. The summed E-state index contributed by atoms with van der Waals surface area (Å²) in [5.74, 6) is 1.02. The van der Waals surface area contributed by atoms with E-state index in [4.69, 9.17) is 15.2 Å². The third-order valence-corrected chi connectivity index (χ3v) is 3.95. The minimum absolute atomic E-state index is 0.0520. The van der Waals surface area contributed by atoms with Gasteiger partial charge < -0.3 is 20.5 Å². The number of rotatable bonds is 7. The fourth-order valence-electron chi connectivity index (χ4n) is 2.65. The molecule has 8 nitrogen and oxygen atoms in total. The first-order valence-electron chi connectivity index (χ1n) is 8.49. The molecule has 0 unspecified atom stereocenters. The van der Waals surface area contributed by atoms with Crippen LogP contribution in [0.2, 0.25) is 0 Å². The van der Waals surface area contributed by atoms with Crippen LogP contribution in [0.15, 0.2) is 48.5 Å². The Morgan fingerprint density at radius 2 is 1.85 bits per heavy atom. The number of hydrogen-bond donors (Lipinski definition) is 2. The molecule has 3 N–H and O–H groups in total. The maximum Gasteiger partial charge on any atom is 0.275 e. The first-order chi connectivity index (χ1) is 13.2. The van der Waals surface area contributed by atoms with Crippen LogP contribution in [0.4, 0.5) is 5.82 Å². The Morgan fingerprint density at radius 3 is 2.59 bits per heavy atom. The van der Waals surface area contributed by atoms with Gasteiger partial charge in [0.05, 0.1) is 13.7 Å². The number of anilines is 1. The summed E-state index contributed by atoms with van der Waals surface area (Å²) < 4.78 is 12.3. The largest absolute Gasteiger partial charge is 0.496 e. The number of aromatic nitrogens is 3. The molecule has 8 heteroatoms. The highest BCUT2D eigenvalue weighted by atomic mass is 16.5. The predicted molar refractivity (Wildman–Crippen MR) is 101 cm³/mol. The molecule has 140 valence electrons. The van der Waals surface area contributed by atoms with E-state index in [1.807, 2.05) is 43.3 Å². The van der Waals surface area contributed by atoms with E-state index in [1.165, 1.54) is 4.68 Å². The molecule has 0 spiro atoms. The molecule has 0 aliphatic heterocycles. The van der Waals surface area contributed by atoms with E-state index in [0.29, 0.717) is 23.8 Å². The first-order valence-corrected chi connectivity index (χ1v) is 8.49. The van der Waals surface area contributed by atoms with Gasteiger partial charge >= 0.3 is 0 Å². The van der Waals surface area contributed by atoms with E-state index < -0.39 is 5.91 Å². The number of nitrogens with zero attached hydrogens (tertiary/aromatic N) is 3. The zero-order valence-electron chi connectivity index (χ0n) is 15.2. The van der Waals surface area contributed by atoms with Gasteiger partial charge in [0.2, 0.25) is 0 Å². The molecule has 0 saturated carbocycles. The molecule has 1 aromatic heterocycles. The lowest BCUT2D eigenvalue weighted by Gasteiger charge is -2.10. The summed E-state index contributed by atoms with van der Waals surface area (Å²) in [6, 6.07) is 14.7. The molecule has 1 heterocycles. The second kappa shape index (κ2) is 8.22. The van der Waals surface area contributed by atoms with Gasteiger partial charge in [0.1, 0.15) is 17.2 Å². The number of para-hydroxylation sites is 3. The summed E-state index contributed by atoms with van der Waals surface area (Å²) >= 11 is 0. The van der Waals surface area contributed by atoms with Crippen molar-refractivity contribution >= 4 is 11.7 Å². The van der Waals surface area contributed by atoms with Crippen LogP contribution >= 0.6 is 0 Å². The topological polar surface area (TPSA) is 104 Å². The number of carbonyl (C=O) groups excluding carboxylic acids is 1. The Kier molecular flexibility index (Phi) is 5.55. The van der Waals surface area contributed by atoms with E-state index in [9.17, 15) is 4.79 Å². The highest BCUT2D eigenvalue weighted by Gasteiger charge is 2.20. The third-order valence-electron chi connectivity index (χ3n) is 3.95. The average Bonchev–Trinajstić information content (AvgIpc) is 3.08. The molecule has 1 amide bonds. The quantitative estimate of drug-likeness (QED) is 0.663. The van der Waals surface area contributed by atoms with Crippen LogP contribution < -0.4 is 20.5 Å². The number of benzene rings is 2.